The number of ether oxygens (including phenoxy) is 1. The maximum absolute atomic E-state index is 14.3. The molecular weight excluding hydrogens is 494 g/mol. The molecule has 37 heavy (non-hydrogen) atoms. The molecule has 1 atom stereocenters. The number of hydrogen-bond donors (Lipinski definition) is 1. The van der Waals surface area contributed by atoms with Gasteiger partial charge in [-0.25, -0.2) is 0 Å². The zero-order valence-electron chi connectivity index (χ0n) is 20.4. The van der Waals surface area contributed by atoms with E-state index in [4.69, 9.17) is 16.3 Å². The summed E-state index contributed by atoms with van der Waals surface area (Å²) in [5.74, 6) is -2.56. The van der Waals surface area contributed by atoms with E-state index in [1.54, 1.807) is 54.6 Å². The number of Topliss-reactive ketones (excluding diaryl/α,β-unsaturated/α-hetero) is 1. The van der Waals surface area contributed by atoms with Gasteiger partial charge >= 0.3 is 0 Å². The van der Waals surface area contributed by atoms with Crippen molar-refractivity contribution in [2.45, 2.75) is 12.0 Å². The summed E-state index contributed by atoms with van der Waals surface area (Å²) in [7, 11) is 0. The van der Waals surface area contributed by atoms with Crippen LogP contribution in [0.5, 0.6) is 0 Å². The minimum absolute atomic E-state index is 0.168. The maximum Gasteiger partial charge on any atom is 0.296 e. The number of aliphatic hydroxyl groups excluding tert-OH is 1. The highest BCUT2D eigenvalue weighted by Gasteiger charge is 2.66. The smallest absolute Gasteiger partial charge is 0.296 e. The van der Waals surface area contributed by atoms with Gasteiger partial charge in [-0.05, 0) is 36.8 Å². The first-order valence-corrected chi connectivity index (χ1v) is 12.7. The van der Waals surface area contributed by atoms with Crippen molar-refractivity contribution in [3.8, 4) is 0 Å². The Balaban J connectivity index is 1.65. The topological polar surface area (TPSA) is 90.4 Å². The number of aliphatic hydroxyl groups is 1. The van der Waals surface area contributed by atoms with Crippen molar-refractivity contribution >= 4 is 40.6 Å². The lowest BCUT2D eigenvalue weighted by Gasteiger charge is -2.35. The van der Waals surface area contributed by atoms with Crippen molar-refractivity contribution in [3.05, 3.63) is 82.9 Å². The van der Waals surface area contributed by atoms with Gasteiger partial charge in [0.2, 0.25) is 0 Å². The van der Waals surface area contributed by atoms with Crippen LogP contribution >= 0.6 is 11.6 Å². The number of nitrogens with zero attached hydrogens (tertiary/aromatic N) is 3. The third kappa shape index (κ3) is 4.05. The fourth-order valence-electron chi connectivity index (χ4n) is 5.51. The van der Waals surface area contributed by atoms with Crippen molar-refractivity contribution in [3.63, 3.8) is 0 Å². The summed E-state index contributed by atoms with van der Waals surface area (Å²) in [5, 5.41) is 11.9. The van der Waals surface area contributed by atoms with Crippen molar-refractivity contribution in [1.82, 2.24) is 9.80 Å². The van der Waals surface area contributed by atoms with Gasteiger partial charge in [0.05, 0.1) is 24.5 Å². The van der Waals surface area contributed by atoms with Gasteiger partial charge in [-0.3, -0.25) is 19.3 Å². The number of rotatable bonds is 7. The number of benzene rings is 2. The lowest BCUT2D eigenvalue weighted by atomic mass is 9.82. The largest absolute Gasteiger partial charge is 0.507 e. The fraction of sp³-hybridized carbons (Fsp3) is 0.321. The third-order valence-corrected chi connectivity index (χ3v) is 7.45. The lowest BCUT2D eigenvalue weighted by Crippen LogP contribution is -2.52. The summed E-state index contributed by atoms with van der Waals surface area (Å²) >= 11 is 6.03. The second-order valence-electron chi connectivity index (χ2n) is 9.26. The molecule has 2 saturated heterocycles. The molecule has 3 aliphatic heterocycles. The van der Waals surface area contributed by atoms with Crippen LogP contribution in [-0.2, 0) is 24.7 Å². The molecule has 0 aliphatic carbocycles. The van der Waals surface area contributed by atoms with Gasteiger partial charge < -0.3 is 19.6 Å². The number of ketones is 1. The van der Waals surface area contributed by atoms with E-state index in [-0.39, 0.29) is 18.7 Å². The molecule has 9 heteroatoms. The monoisotopic (exact) mass is 521 g/mol. The maximum atomic E-state index is 14.3. The van der Waals surface area contributed by atoms with Gasteiger partial charge in [0.1, 0.15) is 5.76 Å². The van der Waals surface area contributed by atoms with E-state index < -0.39 is 28.9 Å². The van der Waals surface area contributed by atoms with Gasteiger partial charge in [-0.2, -0.15) is 0 Å². The molecule has 5 rings (SSSR count). The van der Waals surface area contributed by atoms with Crippen LogP contribution in [0.2, 0.25) is 5.02 Å². The predicted octanol–water partition coefficient (Wildman–Crippen LogP) is 3.17. The number of morpholine rings is 1. The van der Waals surface area contributed by atoms with Crippen LogP contribution in [0.1, 0.15) is 17.5 Å². The normalized spacial score (nSPS) is 23.2. The van der Waals surface area contributed by atoms with Crippen LogP contribution in [0.15, 0.2) is 66.8 Å². The van der Waals surface area contributed by atoms with Crippen molar-refractivity contribution < 1.29 is 24.2 Å². The SMILES string of the molecule is C=CCN1C(=O)[C@]2(C(=C(O)c3ccc(Cl)cc3)C(=O)C(=O)N2CCCN2CCOCC2)c2ccccc21. The first-order valence-electron chi connectivity index (χ1n) is 12.3. The van der Waals surface area contributed by atoms with Crippen LogP contribution in [0.25, 0.3) is 5.76 Å². The highest BCUT2D eigenvalue weighted by atomic mass is 35.5. The summed E-state index contributed by atoms with van der Waals surface area (Å²) in [6.07, 6.45) is 2.14. The molecular formula is C28H28ClN3O5. The average molecular weight is 522 g/mol. The number of halogens is 1. The third-order valence-electron chi connectivity index (χ3n) is 7.20. The summed E-state index contributed by atoms with van der Waals surface area (Å²) in [6, 6.07) is 13.4. The van der Waals surface area contributed by atoms with Crippen LogP contribution in [0.4, 0.5) is 5.69 Å². The zero-order valence-corrected chi connectivity index (χ0v) is 21.1. The standard InChI is InChI=1S/C28H28ClN3O5/c1-2-12-31-22-7-4-3-6-21(22)28(27(31)36)23(24(33)19-8-10-20(29)11-9-19)25(34)26(35)32(28)14-5-13-30-15-17-37-18-16-30/h2-4,6-11,33H,1,5,12-18H2/t28-/m1/s1. The van der Waals surface area contributed by atoms with E-state index in [0.717, 1.165) is 13.1 Å². The molecule has 8 nitrogen and oxygen atoms in total. The summed E-state index contributed by atoms with van der Waals surface area (Å²) < 4.78 is 5.41. The zero-order chi connectivity index (χ0) is 26.2. The van der Waals surface area contributed by atoms with E-state index in [9.17, 15) is 19.5 Å². The molecule has 1 spiro atoms. The molecule has 3 heterocycles. The molecule has 2 aromatic carbocycles. The Morgan fingerprint density at radius 3 is 2.46 bits per heavy atom. The highest BCUT2D eigenvalue weighted by molar-refractivity contribution is 6.50. The van der Waals surface area contributed by atoms with Gasteiger partial charge in [0.15, 0.2) is 5.54 Å². The van der Waals surface area contributed by atoms with Crippen molar-refractivity contribution in [2.24, 2.45) is 0 Å². The highest BCUT2D eigenvalue weighted by Crippen LogP contribution is 2.53. The average Bonchev–Trinajstić information content (AvgIpc) is 3.28. The van der Waals surface area contributed by atoms with Gasteiger partial charge in [-0.15, -0.1) is 6.58 Å². The summed E-state index contributed by atoms with van der Waals surface area (Å²) in [5.41, 5.74) is -0.641. The molecule has 2 fully saturated rings. The van der Waals surface area contributed by atoms with E-state index in [0.29, 0.717) is 48.0 Å². The van der Waals surface area contributed by atoms with Gasteiger partial charge in [0, 0.05) is 48.9 Å². The minimum atomic E-state index is -1.78. The van der Waals surface area contributed by atoms with E-state index in [1.807, 2.05) is 0 Å². The van der Waals surface area contributed by atoms with E-state index in [1.165, 1.54) is 9.80 Å². The minimum Gasteiger partial charge on any atom is -0.507 e. The molecule has 192 valence electrons. The summed E-state index contributed by atoms with van der Waals surface area (Å²) in [4.78, 5) is 46.5. The second-order valence-corrected chi connectivity index (χ2v) is 9.69. The Bertz CT molecular complexity index is 1280. The van der Waals surface area contributed by atoms with Crippen molar-refractivity contribution in [2.75, 3.05) is 50.8 Å². The van der Waals surface area contributed by atoms with Crippen LogP contribution in [-0.4, -0.2) is 78.4 Å². The Kier molecular flexibility index (Phi) is 6.90. The molecule has 0 unspecified atom stereocenters. The number of carbonyl (C=O) groups is 3. The molecule has 0 aromatic heterocycles. The molecule has 3 aliphatic rings. The number of likely N-dealkylation sites (tertiary alicyclic amines) is 1. The molecule has 2 aromatic rings. The lowest BCUT2D eigenvalue weighted by molar-refractivity contribution is -0.143. The number of fused-ring (bicyclic) bond motifs is 2. The van der Waals surface area contributed by atoms with Crippen molar-refractivity contribution in [1.29, 1.82) is 0 Å². The molecule has 0 saturated carbocycles. The Hall–Kier alpha value is -3.46. The molecule has 1 N–H and O–H groups in total. The fourth-order valence-corrected chi connectivity index (χ4v) is 5.63. The quantitative estimate of drug-likeness (QED) is 0.260. The first-order chi connectivity index (χ1) is 17.9. The Labute approximate surface area is 220 Å². The van der Waals surface area contributed by atoms with E-state index in [2.05, 4.69) is 11.5 Å². The number of carbonyl (C=O) groups excluding carboxylic acids is 3. The van der Waals surface area contributed by atoms with Crippen LogP contribution in [0, 0.1) is 0 Å². The number of amides is 2. The number of hydrogen-bond acceptors (Lipinski definition) is 6. The number of para-hydroxylation sites is 1. The van der Waals surface area contributed by atoms with Crippen LogP contribution < -0.4 is 4.90 Å². The molecule has 0 radical (unpaired) electrons. The molecule has 0 bridgehead atoms. The molecule has 2 amide bonds. The first kappa shape index (κ1) is 25.2. The van der Waals surface area contributed by atoms with Gasteiger partial charge in [-0.1, -0.05) is 35.9 Å². The summed E-state index contributed by atoms with van der Waals surface area (Å²) in [6.45, 7) is 7.69. The Morgan fingerprint density at radius 1 is 1.05 bits per heavy atom. The predicted molar refractivity (Wildman–Crippen MR) is 140 cm³/mol. The van der Waals surface area contributed by atoms with Gasteiger partial charge in [0.25, 0.3) is 17.6 Å². The number of anilines is 1. The van der Waals surface area contributed by atoms with E-state index >= 15 is 0 Å². The second kappa shape index (κ2) is 10.1. The van der Waals surface area contributed by atoms with Crippen LogP contribution in [0.3, 0.4) is 0 Å². The Morgan fingerprint density at radius 2 is 1.76 bits per heavy atom.